The average Bonchev–Trinajstić information content (AvgIpc) is 2.87. The summed E-state index contributed by atoms with van der Waals surface area (Å²) in [6, 6.07) is 1.85. The maximum Gasteiger partial charge on any atom is 0.219 e. The van der Waals surface area contributed by atoms with E-state index in [0.717, 1.165) is 38.4 Å². The predicted octanol–water partition coefficient (Wildman–Crippen LogP) is 2.71. The second kappa shape index (κ2) is 6.45. The summed E-state index contributed by atoms with van der Waals surface area (Å²) in [5.74, 6) is 0.304. The van der Waals surface area contributed by atoms with E-state index in [1.54, 1.807) is 0 Å². The molecular formula is C17H24FN3O2. The summed E-state index contributed by atoms with van der Waals surface area (Å²) in [6.07, 6.45) is 1.33. The van der Waals surface area contributed by atoms with Gasteiger partial charge in [-0.1, -0.05) is 20.8 Å². The van der Waals surface area contributed by atoms with E-state index < -0.39 is 0 Å². The molecule has 0 radical (unpaired) electrons. The number of nitrogens with one attached hydrogen (secondary N) is 1. The molecule has 0 bridgehead atoms. The Labute approximate surface area is 135 Å². The van der Waals surface area contributed by atoms with Crippen molar-refractivity contribution in [1.82, 2.24) is 14.9 Å². The van der Waals surface area contributed by atoms with Crippen LogP contribution in [0.3, 0.4) is 0 Å². The zero-order valence-corrected chi connectivity index (χ0v) is 14.0. The zero-order chi connectivity index (χ0) is 16.4. The lowest BCUT2D eigenvalue weighted by Gasteiger charge is -2.27. The summed E-state index contributed by atoms with van der Waals surface area (Å²) >= 11 is 0. The summed E-state index contributed by atoms with van der Waals surface area (Å²) in [5.41, 5.74) is 1.28. The molecule has 3 heterocycles. The topological polar surface area (TPSA) is 50.4 Å². The van der Waals surface area contributed by atoms with Gasteiger partial charge in [0.15, 0.2) is 0 Å². The Balaban J connectivity index is 1.77. The maximum atomic E-state index is 13.8. The Hall–Kier alpha value is -1.66. The monoisotopic (exact) mass is 321 g/mol. The van der Waals surface area contributed by atoms with Crippen LogP contribution in [0.15, 0.2) is 12.3 Å². The van der Waals surface area contributed by atoms with Crippen LogP contribution in [-0.2, 0) is 10.2 Å². The average molecular weight is 321 g/mol. The van der Waals surface area contributed by atoms with Crippen LogP contribution < -0.4 is 4.74 Å². The Morgan fingerprint density at radius 1 is 1.35 bits per heavy atom. The highest BCUT2D eigenvalue weighted by atomic mass is 19.1. The third-order valence-electron chi connectivity index (χ3n) is 4.14. The molecule has 1 fully saturated rings. The number of hydrogen-bond acceptors (Lipinski definition) is 4. The minimum Gasteiger partial charge on any atom is -0.476 e. The molecule has 0 aromatic carbocycles. The first kappa shape index (κ1) is 16.2. The van der Waals surface area contributed by atoms with Crippen molar-refractivity contribution in [3.8, 4) is 5.88 Å². The normalized spacial score (nSPS) is 16.9. The number of H-pyrrole nitrogens is 1. The van der Waals surface area contributed by atoms with E-state index in [4.69, 9.17) is 9.47 Å². The van der Waals surface area contributed by atoms with Gasteiger partial charge in [0.2, 0.25) is 5.88 Å². The van der Waals surface area contributed by atoms with Gasteiger partial charge < -0.3 is 14.5 Å². The molecular weight excluding hydrogens is 297 g/mol. The van der Waals surface area contributed by atoms with E-state index >= 15 is 0 Å². The number of fused-ring (bicyclic) bond motifs is 1. The largest absolute Gasteiger partial charge is 0.476 e. The van der Waals surface area contributed by atoms with Crippen molar-refractivity contribution in [2.24, 2.45) is 0 Å². The number of halogens is 1. The first-order valence-electron chi connectivity index (χ1n) is 8.06. The van der Waals surface area contributed by atoms with Crippen LogP contribution in [0.2, 0.25) is 0 Å². The first-order chi connectivity index (χ1) is 10.9. The Bertz CT molecular complexity index is 672. The first-order valence-corrected chi connectivity index (χ1v) is 8.06. The standard InChI is InChI=1S/C17H24FN3O2/c1-17(2,3)13-10-12-14(18)11-19-15(12)20-16(13)23-9-6-21-4-7-22-8-5-21/h10-11H,4-9H2,1-3H3,(H,19,20). The SMILES string of the molecule is CC(C)(C)c1cc2c(F)c[nH]c2nc1OCCN1CCOCC1. The molecule has 1 saturated heterocycles. The molecule has 2 aromatic heterocycles. The molecule has 0 unspecified atom stereocenters. The Morgan fingerprint density at radius 2 is 2.09 bits per heavy atom. The zero-order valence-electron chi connectivity index (χ0n) is 14.0. The molecule has 1 N–H and O–H groups in total. The third kappa shape index (κ3) is 3.64. The molecule has 0 amide bonds. The van der Waals surface area contributed by atoms with Crippen molar-refractivity contribution in [3.05, 3.63) is 23.6 Å². The fourth-order valence-electron chi connectivity index (χ4n) is 2.74. The fraction of sp³-hybridized carbons (Fsp3) is 0.588. The summed E-state index contributed by atoms with van der Waals surface area (Å²) in [5, 5.41) is 0.510. The van der Waals surface area contributed by atoms with E-state index in [1.807, 2.05) is 6.07 Å². The van der Waals surface area contributed by atoms with Gasteiger partial charge >= 0.3 is 0 Å². The molecule has 3 rings (SSSR count). The minimum absolute atomic E-state index is 0.167. The smallest absolute Gasteiger partial charge is 0.219 e. The van der Waals surface area contributed by atoms with Gasteiger partial charge in [-0.05, 0) is 11.5 Å². The van der Waals surface area contributed by atoms with Crippen LogP contribution in [0.25, 0.3) is 11.0 Å². The van der Waals surface area contributed by atoms with Gasteiger partial charge in [0.25, 0.3) is 0 Å². The van der Waals surface area contributed by atoms with Gasteiger partial charge in [-0.15, -0.1) is 0 Å². The maximum absolute atomic E-state index is 13.8. The van der Waals surface area contributed by atoms with Crippen LogP contribution in [0.5, 0.6) is 5.88 Å². The molecule has 0 spiro atoms. The summed E-state index contributed by atoms with van der Waals surface area (Å²) in [7, 11) is 0. The summed E-state index contributed by atoms with van der Waals surface area (Å²) < 4.78 is 25.1. The second-order valence-electron chi connectivity index (χ2n) is 6.93. The van der Waals surface area contributed by atoms with Gasteiger partial charge in [0, 0.05) is 31.4 Å². The van der Waals surface area contributed by atoms with Crippen molar-refractivity contribution < 1.29 is 13.9 Å². The third-order valence-corrected chi connectivity index (χ3v) is 4.14. The van der Waals surface area contributed by atoms with Crippen molar-refractivity contribution in [3.63, 3.8) is 0 Å². The number of aromatic nitrogens is 2. The predicted molar refractivity (Wildman–Crippen MR) is 87.5 cm³/mol. The van der Waals surface area contributed by atoms with Crippen LogP contribution in [0.4, 0.5) is 4.39 Å². The van der Waals surface area contributed by atoms with Gasteiger partial charge in [0.1, 0.15) is 18.1 Å². The molecule has 5 nitrogen and oxygen atoms in total. The van der Waals surface area contributed by atoms with Gasteiger partial charge in [0.05, 0.1) is 18.6 Å². The molecule has 0 aliphatic carbocycles. The number of pyridine rings is 1. The number of ether oxygens (including phenoxy) is 2. The van der Waals surface area contributed by atoms with E-state index in [9.17, 15) is 4.39 Å². The lowest BCUT2D eigenvalue weighted by molar-refractivity contribution is 0.0319. The van der Waals surface area contributed by atoms with Gasteiger partial charge in [-0.25, -0.2) is 4.39 Å². The lowest BCUT2D eigenvalue weighted by atomic mass is 9.87. The minimum atomic E-state index is -0.280. The van der Waals surface area contributed by atoms with Crippen LogP contribution >= 0.6 is 0 Å². The highest BCUT2D eigenvalue weighted by Crippen LogP contribution is 2.33. The molecule has 1 aliphatic rings. The Kier molecular flexibility index (Phi) is 4.55. The molecule has 2 aromatic rings. The number of morpholine rings is 1. The Morgan fingerprint density at radius 3 is 2.78 bits per heavy atom. The van der Waals surface area contributed by atoms with E-state index in [0.29, 0.717) is 23.5 Å². The molecule has 23 heavy (non-hydrogen) atoms. The lowest BCUT2D eigenvalue weighted by Crippen LogP contribution is -2.38. The highest BCUT2D eigenvalue weighted by molar-refractivity contribution is 5.78. The molecule has 126 valence electrons. The fourth-order valence-corrected chi connectivity index (χ4v) is 2.74. The number of rotatable bonds is 4. The van der Waals surface area contributed by atoms with Crippen LogP contribution in [0, 0.1) is 5.82 Å². The van der Waals surface area contributed by atoms with Crippen LogP contribution in [0.1, 0.15) is 26.3 Å². The molecule has 0 saturated carbocycles. The van der Waals surface area contributed by atoms with Gasteiger partial charge in [-0.3, -0.25) is 4.90 Å². The van der Waals surface area contributed by atoms with Crippen molar-refractivity contribution in [2.45, 2.75) is 26.2 Å². The summed E-state index contributed by atoms with van der Waals surface area (Å²) in [6.45, 7) is 11.1. The van der Waals surface area contributed by atoms with Crippen molar-refractivity contribution in [1.29, 1.82) is 0 Å². The van der Waals surface area contributed by atoms with Crippen LogP contribution in [-0.4, -0.2) is 54.3 Å². The van der Waals surface area contributed by atoms with Crippen molar-refractivity contribution >= 4 is 11.0 Å². The number of nitrogens with zero attached hydrogens (tertiary/aromatic N) is 2. The molecule has 6 heteroatoms. The van der Waals surface area contributed by atoms with Gasteiger partial charge in [-0.2, -0.15) is 4.98 Å². The number of hydrogen-bond donors (Lipinski definition) is 1. The molecule has 1 aliphatic heterocycles. The van der Waals surface area contributed by atoms with E-state index in [-0.39, 0.29) is 11.2 Å². The molecule has 0 atom stereocenters. The summed E-state index contributed by atoms with van der Waals surface area (Å²) in [4.78, 5) is 9.65. The van der Waals surface area contributed by atoms with E-state index in [2.05, 4.69) is 35.6 Å². The second-order valence-corrected chi connectivity index (χ2v) is 6.93. The highest BCUT2D eigenvalue weighted by Gasteiger charge is 2.23. The number of aromatic amines is 1. The van der Waals surface area contributed by atoms with E-state index in [1.165, 1.54) is 6.20 Å². The van der Waals surface area contributed by atoms with Crippen molar-refractivity contribution in [2.75, 3.05) is 39.5 Å². The quantitative estimate of drug-likeness (QED) is 0.941.